The molecule has 5 heteroatoms. The smallest absolute Gasteiger partial charge is 0.299 e. The first-order valence-electron chi connectivity index (χ1n) is 11.1. The van der Waals surface area contributed by atoms with Crippen molar-refractivity contribution in [2.24, 2.45) is 0 Å². The van der Waals surface area contributed by atoms with Crippen molar-refractivity contribution in [1.82, 2.24) is 9.55 Å². The number of hydrogen-bond acceptors (Lipinski definition) is 1. The molecule has 3 aromatic carbocycles. The zero-order valence-electron chi connectivity index (χ0n) is 19.2. The maximum absolute atomic E-state index is 13.0. The van der Waals surface area contributed by atoms with Gasteiger partial charge in [-0.3, -0.25) is 4.57 Å². The van der Waals surface area contributed by atoms with Crippen LogP contribution in [-0.2, 0) is 6.18 Å². The van der Waals surface area contributed by atoms with Crippen molar-refractivity contribution in [1.29, 1.82) is 0 Å². The zero-order chi connectivity index (χ0) is 23.8. The first-order valence-corrected chi connectivity index (χ1v) is 11.1. The number of halogens is 3. The number of imidazole rings is 1. The van der Waals surface area contributed by atoms with Gasteiger partial charge in [-0.05, 0) is 58.4 Å². The second-order valence-corrected chi connectivity index (χ2v) is 8.87. The summed E-state index contributed by atoms with van der Waals surface area (Å²) < 4.78 is 41.3. The molecule has 0 unspecified atom stereocenters. The van der Waals surface area contributed by atoms with Crippen LogP contribution >= 0.6 is 0 Å². The van der Waals surface area contributed by atoms with Gasteiger partial charge in [-0.2, -0.15) is 13.2 Å². The Hall–Kier alpha value is -3.34. The number of nitrogens with zero attached hydrogens (tertiary/aromatic N) is 2. The largest absolute Gasteiger partial charge is 0.416 e. The van der Waals surface area contributed by atoms with Gasteiger partial charge in [0.15, 0.2) is 0 Å². The minimum atomic E-state index is -4.34. The molecule has 0 amide bonds. The third-order valence-corrected chi connectivity index (χ3v) is 5.87. The molecule has 0 aliphatic carbocycles. The van der Waals surface area contributed by atoms with Gasteiger partial charge in [0.25, 0.3) is 0 Å². The Morgan fingerprint density at radius 3 is 1.82 bits per heavy atom. The Kier molecular flexibility index (Phi) is 6.15. The Bertz CT molecular complexity index is 1210. The fourth-order valence-electron chi connectivity index (χ4n) is 4.14. The summed E-state index contributed by atoms with van der Waals surface area (Å²) in [6, 6.07) is 19.7. The Balaban J connectivity index is 1.91. The van der Waals surface area contributed by atoms with Crippen LogP contribution in [-0.4, -0.2) is 9.55 Å². The van der Waals surface area contributed by atoms with Crippen LogP contribution in [0.4, 0.5) is 13.2 Å². The topological polar surface area (TPSA) is 17.8 Å². The highest BCUT2D eigenvalue weighted by atomic mass is 19.4. The van der Waals surface area contributed by atoms with Crippen molar-refractivity contribution in [3.05, 3.63) is 95.8 Å². The molecule has 0 aliphatic heterocycles. The zero-order valence-corrected chi connectivity index (χ0v) is 19.2. The van der Waals surface area contributed by atoms with Crippen LogP contribution in [0.2, 0.25) is 0 Å². The number of rotatable bonds is 5. The van der Waals surface area contributed by atoms with E-state index in [0.29, 0.717) is 0 Å². The molecule has 1 aromatic heterocycles. The summed E-state index contributed by atoms with van der Waals surface area (Å²) in [6.07, 6.45) is -0.558. The minimum Gasteiger partial charge on any atom is -0.299 e. The molecule has 33 heavy (non-hydrogen) atoms. The second-order valence-electron chi connectivity index (χ2n) is 8.87. The molecule has 0 saturated heterocycles. The number of aromatic nitrogens is 2. The first kappa shape index (κ1) is 22.8. The van der Waals surface area contributed by atoms with Gasteiger partial charge in [-0.25, -0.2) is 4.98 Å². The summed E-state index contributed by atoms with van der Waals surface area (Å²) in [6.45, 7) is 8.55. The normalized spacial score (nSPS) is 12.0. The average molecular weight is 449 g/mol. The van der Waals surface area contributed by atoms with Crippen molar-refractivity contribution in [2.75, 3.05) is 0 Å². The Morgan fingerprint density at radius 2 is 1.30 bits per heavy atom. The van der Waals surface area contributed by atoms with Gasteiger partial charge in [0.1, 0.15) is 5.82 Å². The van der Waals surface area contributed by atoms with Crippen molar-refractivity contribution in [2.45, 2.75) is 45.7 Å². The molecule has 0 saturated carbocycles. The summed E-state index contributed by atoms with van der Waals surface area (Å²) in [5.41, 5.74) is 5.43. The second kappa shape index (κ2) is 8.89. The molecule has 0 N–H and O–H groups in total. The van der Waals surface area contributed by atoms with Gasteiger partial charge in [0, 0.05) is 18.0 Å². The van der Waals surface area contributed by atoms with Crippen LogP contribution in [0.3, 0.4) is 0 Å². The third-order valence-electron chi connectivity index (χ3n) is 5.87. The van der Waals surface area contributed by atoms with Crippen LogP contribution < -0.4 is 0 Å². The molecule has 4 rings (SSSR count). The van der Waals surface area contributed by atoms with E-state index in [9.17, 15) is 13.2 Å². The molecule has 0 aliphatic rings. The lowest BCUT2D eigenvalue weighted by atomic mass is 9.88. The van der Waals surface area contributed by atoms with Crippen molar-refractivity contribution >= 4 is 0 Å². The van der Waals surface area contributed by atoms with Crippen molar-refractivity contribution in [3.63, 3.8) is 0 Å². The van der Waals surface area contributed by atoms with Crippen LogP contribution in [0.1, 0.15) is 56.2 Å². The van der Waals surface area contributed by atoms with E-state index in [0.717, 1.165) is 51.5 Å². The predicted octanol–water partition coefficient (Wildman–Crippen LogP) is 8.47. The lowest BCUT2D eigenvalue weighted by Crippen LogP contribution is -2.09. The van der Waals surface area contributed by atoms with E-state index < -0.39 is 11.7 Å². The summed E-state index contributed by atoms with van der Waals surface area (Å²) in [5, 5.41) is 0. The highest BCUT2D eigenvalue weighted by Crippen LogP contribution is 2.38. The maximum atomic E-state index is 13.0. The molecule has 0 bridgehead atoms. The van der Waals surface area contributed by atoms with Crippen LogP contribution in [0, 0.1) is 0 Å². The third kappa shape index (κ3) is 4.58. The summed E-state index contributed by atoms with van der Waals surface area (Å²) in [5.74, 6) is 1.28. The van der Waals surface area contributed by atoms with Crippen LogP contribution in [0.25, 0.3) is 28.2 Å². The van der Waals surface area contributed by atoms with Crippen LogP contribution in [0.15, 0.2) is 79.1 Å². The van der Waals surface area contributed by atoms with Crippen molar-refractivity contribution < 1.29 is 13.2 Å². The van der Waals surface area contributed by atoms with Gasteiger partial charge in [-0.15, -0.1) is 0 Å². The maximum Gasteiger partial charge on any atom is 0.416 e. The molecule has 4 aromatic rings. The van der Waals surface area contributed by atoms with Crippen LogP contribution in [0.5, 0.6) is 0 Å². The predicted molar refractivity (Wildman–Crippen MR) is 128 cm³/mol. The van der Waals surface area contributed by atoms with Gasteiger partial charge in [0.2, 0.25) is 0 Å². The average Bonchev–Trinajstić information content (AvgIpc) is 3.27. The summed E-state index contributed by atoms with van der Waals surface area (Å²) >= 11 is 0. The van der Waals surface area contributed by atoms with Crippen molar-refractivity contribution in [3.8, 4) is 28.2 Å². The van der Waals surface area contributed by atoms with E-state index >= 15 is 0 Å². The van der Waals surface area contributed by atoms with Gasteiger partial charge < -0.3 is 0 Å². The van der Waals surface area contributed by atoms with Gasteiger partial charge in [0.05, 0.1) is 11.3 Å². The molecule has 0 radical (unpaired) electrons. The van der Waals surface area contributed by atoms with E-state index in [4.69, 9.17) is 0 Å². The quantitative estimate of drug-likeness (QED) is 0.299. The molecule has 0 spiro atoms. The molecule has 170 valence electrons. The Labute approximate surface area is 192 Å². The van der Waals surface area contributed by atoms with E-state index in [1.54, 1.807) is 18.3 Å². The number of benzene rings is 3. The monoisotopic (exact) mass is 448 g/mol. The standard InChI is InChI=1S/C28H27F3N2/c1-18(2)24-16-22(20-10-12-23(13-11-20)28(29,30)31)17-25(19(3)4)26(24)33-15-14-32-27(33)21-8-6-5-7-9-21/h5-19H,1-4H3. The lowest BCUT2D eigenvalue weighted by Gasteiger charge is -2.24. The number of hydrogen-bond donors (Lipinski definition) is 0. The fourth-order valence-corrected chi connectivity index (χ4v) is 4.14. The van der Waals surface area contributed by atoms with E-state index in [1.807, 2.05) is 36.5 Å². The molecule has 0 atom stereocenters. The summed E-state index contributed by atoms with van der Waals surface area (Å²) in [7, 11) is 0. The lowest BCUT2D eigenvalue weighted by molar-refractivity contribution is -0.137. The number of alkyl halides is 3. The highest BCUT2D eigenvalue weighted by molar-refractivity contribution is 5.71. The molecule has 1 heterocycles. The van der Waals surface area contributed by atoms with E-state index in [-0.39, 0.29) is 11.8 Å². The first-order chi connectivity index (χ1) is 15.7. The fraction of sp³-hybridized carbons (Fsp3) is 0.250. The molecular weight excluding hydrogens is 421 g/mol. The van der Waals surface area contributed by atoms with E-state index in [2.05, 4.69) is 49.4 Å². The Morgan fingerprint density at radius 1 is 0.727 bits per heavy atom. The van der Waals surface area contributed by atoms with E-state index in [1.165, 1.54) is 0 Å². The summed E-state index contributed by atoms with van der Waals surface area (Å²) in [4.78, 5) is 4.63. The molecule has 0 fully saturated rings. The highest BCUT2D eigenvalue weighted by Gasteiger charge is 2.30. The van der Waals surface area contributed by atoms with Gasteiger partial charge >= 0.3 is 6.18 Å². The molecule has 2 nitrogen and oxygen atoms in total. The molecular formula is C28H27F3N2. The SMILES string of the molecule is CC(C)c1cc(-c2ccc(C(F)(F)F)cc2)cc(C(C)C)c1-n1ccnc1-c1ccccc1. The minimum absolute atomic E-state index is 0.206. The van der Waals surface area contributed by atoms with Gasteiger partial charge in [-0.1, -0.05) is 70.2 Å².